The smallest absolute Gasteiger partial charge is 0.182 e. The highest BCUT2D eigenvalue weighted by Gasteiger charge is 2.03. The largest absolute Gasteiger partial charge is 0.497 e. The van der Waals surface area contributed by atoms with Gasteiger partial charge in [-0.2, -0.15) is 5.10 Å². The molecule has 0 aliphatic rings. The van der Waals surface area contributed by atoms with Crippen molar-refractivity contribution in [3.63, 3.8) is 0 Å². The van der Waals surface area contributed by atoms with Crippen LogP contribution in [0.3, 0.4) is 0 Å². The summed E-state index contributed by atoms with van der Waals surface area (Å²) in [5.74, 6) is 1.36. The maximum Gasteiger partial charge on any atom is 0.182 e. The third kappa shape index (κ3) is 2.41. The standard InChI is InChI=1S/C13H12N6O/c1-20-10-4-2-3-9(5-10)6-18-19-13-11-12(15-7-14-11)16-8-17-13/h2-8H,1H3,(H2,14,15,16,17,19)/b18-6+. The number of imidazole rings is 1. The molecular formula is C13H12N6O. The highest BCUT2D eigenvalue weighted by atomic mass is 16.5. The summed E-state index contributed by atoms with van der Waals surface area (Å²) >= 11 is 0. The van der Waals surface area contributed by atoms with E-state index in [1.807, 2.05) is 24.3 Å². The Bertz CT molecular complexity index is 751. The summed E-state index contributed by atoms with van der Waals surface area (Å²) in [6, 6.07) is 7.59. The lowest BCUT2D eigenvalue weighted by Gasteiger charge is -2.01. The first-order valence-electron chi connectivity index (χ1n) is 5.94. The molecule has 0 unspecified atom stereocenters. The van der Waals surface area contributed by atoms with Gasteiger partial charge in [0.2, 0.25) is 0 Å². The van der Waals surface area contributed by atoms with E-state index in [9.17, 15) is 0 Å². The number of fused-ring (bicyclic) bond motifs is 1. The van der Waals surface area contributed by atoms with Crippen molar-refractivity contribution in [1.29, 1.82) is 0 Å². The SMILES string of the molecule is COc1cccc(/C=N/Nc2ncnc3nc[nH]c23)c1. The van der Waals surface area contributed by atoms with Crippen molar-refractivity contribution >= 4 is 23.2 Å². The molecule has 0 fully saturated rings. The van der Waals surface area contributed by atoms with E-state index < -0.39 is 0 Å². The first-order chi connectivity index (χ1) is 9.86. The summed E-state index contributed by atoms with van der Waals surface area (Å²) in [4.78, 5) is 15.2. The molecule has 7 nitrogen and oxygen atoms in total. The molecule has 7 heteroatoms. The second-order valence-electron chi connectivity index (χ2n) is 3.97. The molecule has 0 aliphatic carbocycles. The Morgan fingerprint density at radius 1 is 1.30 bits per heavy atom. The number of H-pyrrole nitrogens is 1. The van der Waals surface area contributed by atoms with E-state index in [0.29, 0.717) is 11.5 Å². The lowest BCUT2D eigenvalue weighted by Crippen LogP contribution is -1.96. The van der Waals surface area contributed by atoms with Crippen LogP contribution in [0, 0.1) is 0 Å². The second-order valence-corrected chi connectivity index (χ2v) is 3.97. The number of hydrogen-bond donors (Lipinski definition) is 2. The molecule has 0 bridgehead atoms. The van der Waals surface area contributed by atoms with Crippen LogP contribution in [0.25, 0.3) is 11.2 Å². The number of hydrazone groups is 1. The molecule has 3 rings (SSSR count). The van der Waals surface area contributed by atoms with Crippen molar-refractivity contribution in [3.05, 3.63) is 42.5 Å². The van der Waals surface area contributed by atoms with E-state index in [4.69, 9.17) is 4.74 Å². The molecule has 20 heavy (non-hydrogen) atoms. The average molecular weight is 268 g/mol. The quantitative estimate of drug-likeness (QED) is 0.556. The molecule has 0 amide bonds. The predicted molar refractivity (Wildman–Crippen MR) is 75.9 cm³/mol. The maximum absolute atomic E-state index is 5.15. The van der Waals surface area contributed by atoms with Gasteiger partial charge < -0.3 is 9.72 Å². The van der Waals surface area contributed by atoms with Crippen LogP contribution in [0.4, 0.5) is 5.82 Å². The van der Waals surface area contributed by atoms with Crippen LogP contribution >= 0.6 is 0 Å². The maximum atomic E-state index is 5.15. The minimum atomic E-state index is 0.576. The van der Waals surface area contributed by atoms with Crippen LogP contribution in [-0.4, -0.2) is 33.3 Å². The number of rotatable bonds is 4. The first kappa shape index (κ1) is 12.1. The fourth-order valence-corrected chi connectivity index (χ4v) is 1.74. The van der Waals surface area contributed by atoms with Crippen LogP contribution in [0.2, 0.25) is 0 Å². The third-order valence-corrected chi connectivity index (χ3v) is 2.70. The van der Waals surface area contributed by atoms with Crippen LogP contribution < -0.4 is 10.2 Å². The molecule has 1 aromatic carbocycles. The fourth-order valence-electron chi connectivity index (χ4n) is 1.74. The van der Waals surface area contributed by atoms with Crippen molar-refractivity contribution in [3.8, 4) is 5.75 Å². The van der Waals surface area contributed by atoms with E-state index in [2.05, 4.69) is 30.5 Å². The molecule has 0 saturated heterocycles. The first-order valence-corrected chi connectivity index (χ1v) is 5.94. The molecule has 0 radical (unpaired) electrons. The highest BCUT2D eigenvalue weighted by molar-refractivity contribution is 5.84. The van der Waals surface area contributed by atoms with E-state index in [0.717, 1.165) is 16.8 Å². The molecule has 0 aliphatic heterocycles. The lowest BCUT2D eigenvalue weighted by atomic mass is 10.2. The van der Waals surface area contributed by atoms with Gasteiger partial charge in [0, 0.05) is 0 Å². The molecule has 100 valence electrons. The van der Waals surface area contributed by atoms with Gasteiger partial charge in [-0.3, -0.25) is 5.43 Å². The Balaban J connectivity index is 1.78. The monoisotopic (exact) mass is 268 g/mol. The zero-order chi connectivity index (χ0) is 13.8. The molecule has 2 N–H and O–H groups in total. The molecule has 0 saturated carbocycles. The van der Waals surface area contributed by atoms with Gasteiger partial charge in [-0.05, 0) is 17.7 Å². The third-order valence-electron chi connectivity index (χ3n) is 2.70. The van der Waals surface area contributed by atoms with Crippen molar-refractivity contribution < 1.29 is 4.74 Å². The van der Waals surface area contributed by atoms with Gasteiger partial charge >= 0.3 is 0 Å². The Hall–Kier alpha value is -2.96. The highest BCUT2D eigenvalue weighted by Crippen LogP contribution is 2.14. The summed E-state index contributed by atoms with van der Waals surface area (Å²) in [5, 5.41) is 4.15. The number of nitrogens with zero attached hydrogens (tertiary/aromatic N) is 4. The lowest BCUT2D eigenvalue weighted by molar-refractivity contribution is 0.415. The van der Waals surface area contributed by atoms with Crippen LogP contribution in [-0.2, 0) is 0 Å². The minimum absolute atomic E-state index is 0.576. The molecule has 3 aromatic rings. The van der Waals surface area contributed by atoms with Crippen molar-refractivity contribution in [2.45, 2.75) is 0 Å². The van der Waals surface area contributed by atoms with E-state index in [-0.39, 0.29) is 0 Å². The minimum Gasteiger partial charge on any atom is -0.497 e. The van der Waals surface area contributed by atoms with Gasteiger partial charge in [0.05, 0.1) is 19.7 Å². The molecule has 2 aromatic heterocycles. The Morgan fingerprint density at radius 2 is 2.25 bits per heavy atom. The van der Waals surface area contributed by atoms with Crippen LogP contribution in [0.1, 0.15) is 5.56 Å². The number of ether oxygens (including phenoxy) is 1. The van der Waals surface area contributed by atoms with Gasteiger partial charge in [-0.25, -0.2) is 15.0 Å². The Morgan fingerprint density at radius 3 is 3.15 bits per heavy atom. The van der Waals surface area contributed by atoms with E-state index >= 15 is 0 Å². The normalized spacial score (nSPS) is 11.1. The molecule has 2 heterocycles. The number of benzene rings is 1. The summed E-state index contributed by atoms with van der Waals surface area (Å²) in [6.07, 6.45) is 4.69. The van der Waals surface area contributed by atoms with E-state index in [1.165, 1.54) is 6.33 Å². The van der Waals surface area contributed by atoms with E-state index in [1.54, 1.807) is 19.7 Å². The number of aromatic amines is 1. The molecule has 0 atom stereocenters. The number of aromatic nitrogens is 4. The summed E-state index contributed by atoms with van der Waals surface area (Å²) in [7, 11) is 1.63. The van der Waals surface area contributed by atoms with Gasteiger partial charge in [0.1, 0.15) is 17.6 Å². The summed E-state index contributed by atoms with van der Waals surface area (Å²) in [5.41, 5.74) is 5.10. The van der Waals surface area contributed by atoms with Crippen LogP contribution in [0.15, 0.2) is 42.0 Å². The van der Waals surface area contributed by atoms with Crippen molar-refractivity contribution in [2.24, 2.45) is 5.10 Å². The summed E-state index contributed by atoms with van der Waals surface area (Å²) in [6.45, 7) is 0. The second kappa shape index (κ2) is 5.35. The Kier molecular flexibility index (Phi) is 3.24. The zero-order valence-corrected chi connectivity index (χ0v) is 10.7. The van der Waals surface area contributed by atoms with Gasteiger partial charge in [0.15, 0.2) is 11.5 Å². The number of hydrogen-bond acceptors (Lipinski definition) is 6. The Labute approximate surface area is 114 Å². The number of nitrogens with one attached hydrogen (secondary N) is 2. The fraction of sp³-hybridized carbons (Fsp3) is 0.0769. The number of methoxy groups -OCH3 is 1. The van der Waals surface area contributed by atoms with Gasteiger partial charge in [-0.1, -0.05) is 12.1 Å². The average Bonchev–Trinajstić information content (AvgIpc) is 2.97. The van der Waals surface area contributed by atoms with Gasteiger partial charge in [-0.15, -0.1) is 0 Å². The number of anilines is 1. The summed E-state index contributed by atoms with van der Waals surface area (Å²) < 4.78 is 5.15. The topological polar surface area (TPSA) is 88.1 Å². The zero-order valence-electron chi connectivity index (χ0n) is 10.7. The predicted octanol–water partition coefficient (Wildman–Crippen LogP) is 1.81. The van der Waals surface area contributed by atoms with Crippen molar-refractivity contribution in [2.75, 3.05) is 12.5 Å². The van der Waals surface area contributed by atoms with Gasteiger partial charge in [0.25, 0.3) is 0 Å². The van der Waals surface area contributed by atoms with Crippen molar-refractivity contribution in [1.82, 2.24) is 19.9 Å². The molecular weight excluding hydrogens is 256 g/mol. The van der Waals surface area contributed by atoms with Crippen LogP contribution in [0.5, 0.6) is 5.75 Å². The molecule has 0 spiro atoms.